The molecule has 0 fully saturated rings. The molecule has 2 aromatic rings. The smallest absolute Gasteiger partial charge is 0.335 e. The third-order valence-corrected chi connectivity index (χ3v) is 4.29. The lowest BCUT2D eigenvalue weighted by Crippen LogP contribution is -2.19. The van der Waals surface area contributed by atoms with E-state index >= 15 is 0 Å². The van der Waals surface area contributed by atoms with E-state index in [0.717, 1.165) is 29.8 Å². The van der Waals surface area contributed by atoms with E-state index in [1.165, 1.54) is 0 Å². The predicted molar refractivity (Wildman–Crippen MR) is 84.6 cm³/mol. The van der Waals surface area contributed by atoms with Crippen LogP contribution in [0.25, 0.3) is 0 Å². The maximum Gasteiger partial charge on any atom is 0.335 e. The first kappa shape index (κ1) is 14.2. The number of anilines is 1. The highest BCUT2D eigenvalue weighted by atomic mass is 35.5. The highest BCUT2D eigenvalue weighted by Crippen LogP contribution is 2.32. The first-order valence-electron chi connectivity index (χ1n) is 6.59. The standard InChI is InChI=1S/C16H13Cl2NO2/c17-13-2-3-14(18)12(8-13)9-19-6-5-10-7-11(16(20)21)1-4-15(10)19/h1-4,7-8H,5-6,9H2,(H,20,21). The van der Waals surface area contributed by atoms with E-state index in [-0.39, 0.29) is 0 Å². The Morgan fingerprint density at radius 3 is 2.76 bits per heavy atom. The van der Waals surface area contributed by atoms with E-state index in [1.54, 1.807) is 24.3 Å². The molecule has 2 aromatic carbocycles. The summed E-state index contributed by atoms with van der Waals surface area (Å²) in [5.41, 5.74) is 3.43. The van der Waals surface area contributed by atoms with Crippen molar-refractivity contribution in [3.05, 3.63) is 63.1 Å². The van der Waals surface area contributed by atoms with Crippen LogP contribution in [0.4, 0.5) is 5.69 Å². The fourth-order valence-corrected chi connectivity index (χ4v) is 3.01. The molecule has 3 rings (SSSR count). The summed E-state index contributed by atoms with van der Waals surface area (Å²) in [6, 6.07) is 10.7. The second kappa shape index (κ2) is 5.58. The zero-order chi connectivity index (χ0) is 15.0. The van der Waals surface area contributed by atoms with Gasteiger partial charge in [0.05, 0.1) is 5.56 Å². The number of carbonyl (C=O) groups is 1. The van der Waals surface area contributed by atoms with Gasteiger partial charge in [0.2, 0.25) is 0 Å². The molecule has 0 saturated carbocycles. The van der Waals surface area contributed by atoms with Crippen LogP contribution in [0.1, 0.15) is 21.5 Å². The third kappa shape index (κ3) is 2.85. The molecule has 108 valence electrons. The summed E-state index contributed by atoms with van der Waals surface area (Å²) in [6.07, 6.45) is 0.842. The molecule has 0 atom stereocenters. The molecule has 5 heteroatoms. The SMILES string of the molecule is O=C(O)c1ccc2c(c1)CCN2Cc1cc(Cl)ccc1Cl. The second-order valence-electron chi connectivity index (χ2n) is 5.06. The predicted octanol–water partition coefficient (Wildman–Crippen LogP) is 4.25. The quantitative estimate of drug-likeness (QED) is 0.918. The summed E-state index contributed by atoms with van der Waals surface area (Å²) in [4.78, 5) is 13.2. The van der Waals surface area contributed by atoms with Crippen molar-refractivity contribution in [2.24, 2.45) is 0 Å². The summed E-state index contributed by atoms with van der Waals surface area (Å²) in [6.45, 7) is 1.51. The van der Waals surface area contributed by atoms with Crippen molar-refractivity contribution in [3.8, 4) is 0 Å². The summed E-state index contributed by atoms with van der Waals surface area (Å²) < 4.78 is 0. The second-order valence-corrected chi connectivity index (χ2v) is 5.90. The molecule has 0 radical (unpaired) electrons. The molecule has 0 amide bonds. The number of aromatic carboxylic acids is 1. The Hall–Kier alpha value is -1.71. The van der Waals surface area contributed by atoms with Crippen molar-refractivity contribution in [2.75, 3.05) is 11.4 Å². The number of hydrogen-bond acceptors (Lipinski definition) is 2. The maximum absolute atomic E-state index is 11.0. The third-order valence-electron chi connectivity index (χ3n) is 3.69. The van der Waals surface area contributed by atoms with Crippen LogP contribution in [0.15, 0.2) is 36.4 Å². The Labute approximate surface area is 132 Å². The monoisotopic (exact) mass is 321 g/mol. The number of benzene rings is 2. The average molecular weight is 322 g/mol. The van der Waals surface area contributed by atoms with Crippen LogP contribution in [0.2, 0.25) is 10.0 Å². The molecular weight excluding hydrogens is 309 g/mol. The van der Waals surface area contributed by atoms with Gasteiger partial charge in [0, 0.05) is 28.8 Å². The Kier molecular flexibility index (Phi) is 3.79. The average Bonchev–Trinajstić information content (AvgIpc) is 2.85. The topological polar surface area (TPSA) is 40.5 Å². The highest BCUT2D eigenvalue weighted by Gasteiger charge is 2.21. The van der Waals surface area contributed by atoms with Crippen LogP contribution >= 0.6 is 23.2 Å². The Morgan fingerprint density at radius 1 is 1.19 bits per heavy atom. The normalized spacial score (nSPS) is 13.3. The Bertz CT molecular complexity index is 715. The minimum Gasteiger partial charge on any atom is -0.478 e. The van der Waals surface area contributed by atoms with E-state index in [0.29, 0.717) is 22.2 Å². The van der Waals surface area contributed by atoms with Gasteiger partial charge in [-0.15, -0.1) is 0 Å². The molecule has 0 spiro atoms. The highest BCUT2D eigenvalue weighted by molar-refractivity contribution is 6.33. The van der Waals surface area contributed by atoms with Crippen LogP contribution < -0.4 is 4.90 Å². The molecule has 1 heterocycles. The Balaban J connectivity index is 1.88. The molecule has 21 heavy (non-hydrogen) atoms. The van der Waals surface area contributed by atoms with Gasteiger partial charge in [-0.3, -0.25) is 0 Å². The first-order chi connectivity index (χ1) is 10.0. The lowest BCUT2D eigenvalue weighted by atomic mass is 10.1. The van der Waals surface area contributed by atoms with Crippen molar-refractivity contribution in [1.29, 1.82) is 0 Å². The summed E-state index contributed by atoms with van der Waals surface area (Å²) in [5.74, 6) is -0.894. The number of rotatable bonds is 3. The number of carboxylic acids is 1. The van der Waals surface area contributed by atoms with Crippen molar-refractivity contribution >= 4 is 34.9 Å². The molecular formula is C16H13Cl2NO2. The van der Waals surface area contributed by atoms with Crippen molar-refractivity contribution in [2.45, 2.75) is 13.0 Å². The van der Waals surface area contributed by atoms with Gasteiger partial charge in [-0.1, -0.05) is 23.2 Å². The lowest BCUT2D eigenvalue weighted by Gasteiger charge is -2.20. The van der Waals surface area contributed by atoms with Crippen LogP contribution in [-0.4, -0.2) is 17.6 Å². The molecule has 0 aromatic heterocycles. The maximum atomic E-state index is 11.0. The van der Waals surface area contributed by atoms with Gasteiger partial charge < -0.3 is 10.0 Å². The van der Waals surface area contributed by atoms with Crippen LogP contribution in [0, 0.1) is 0 Å². The molecule has 0 bridgehead atoms. The van der Waals surface area contributed by atoms with Crippen LogP contribution in [0.3, 0.4) is 0 Å². The number of nitrogens with zero attached hydrogens (tertiary/aromatic N) is 1. The fraction of sp³-hybridized carbons (Fsp3) is 0.188. The lowest BCUT2D eigenvalue weighted by molar-refractivity contribution is 0.0697. The molecule has 1 aliphatic heterocycles. The number of fused-ring (bicyclic) bond motifs is 1. The van der Waals surface area contributed by atoms with Gasteiger partial charge in [0.1, 0.15) is 0 Å². The van der Waals surface area contributed by atoms with E-state index in [9.17, 15) is 4.79 Å². The van der Waals surface area contributed by atoms with Crippen molar-refractivity contribution in [1.82, 2.24) is 0 Å². The van der Waals surface area contributed by atoms with Crippen molar-refractivity contribution < 1.29 is 9.90 Å². The van der Waals surface area contributed by atoms with Gasteiger partial charge in [-0.05, 0) is 53.9 Å². The van der Waals surface area contributed by atoms with E-state index in [1.807, 2.05) is 12.1 Å². The largest absolute Gasteiger partial charge is 0.478 e. The van der Waals surface area contributed by atoms with Gasteiger partial charge in [0.15, 0.2) is 0 Å². The van der Waals surface area contributed by atoms with E-state index in [2.05, 4.69) is 4.90 Å². The summed E-state index contributed by atoms with van der Waals surface area (Å²) >= 11 is 12.2. The van der Waals surface area contributed by atoms with Crippen LogP contribution in [0.5, 0.6) is 0 Å². The zero-order valence-electron chi connectivity index (χ0n) is 11.1. The van der Waals surface area contributed by atoms with Gasteiger partial charge in [-0.2, -0.15) is 0 Å². The summed E-state index contributed by atoms with van der Waals surface area (Å²) in [7, 11) is 0. The molecule has 0 aliphatic carbocycles. The van der Waals surface area contributed by atoms with Crippen molar-refractivity contribution in [3.63, 3.8) is 0 Å². The summed E-state index contributed by atoms with van der Waals surface area (Å²) in [5, 5.41) is 10.4. The molecule has 0 unspecified atom stereocenters. The number of carboxylic acid groups (broad SMARTS) is 1. The Morgan fingerprint density at radius 2 is 2.00 bits per heavy atom. The van der Waals surface area contributed by atoms with Gasteiger partial charge >= 0.3 is 5.97 Å². The molecule has 1 aliphatic rings. The molecule has 1 N–H and O–H groups in total. The minimum absolute atomic E-state index is 0.330. The first-order valence-corrected chi connectivity index (χ1v) is 7.35. The number of halogens is 2. The van der Waals surface area contributed by atoms with Crippen LogP contribution in [-0.2, 0) is 13.0 Å². The van der Waals surface area contributed by atoms with Gasteiger partial charge in [-0.25, -0.2) is 4.79 Å². The molecule has 3 nitrogen and oxygen atoms in total. The number of hydrogen-bond donors (Lipinski definition) is 1. The fourth-order valence-electron chi connectivity index (χ4n) is 2.64. The zero-order valence-corrected chi connectivity index (χ0v) is 12.7. The molecule has 0 saturated heterocycles. The van der Waals surface area contributed by atoms with E-state index < -0.39 is 5.97 Å². The van der Waals surface area contributed by atoms with Gasteiger partial charge in [0.25, 0.3) is 0 Å². The minimum atomic E-state index is -0.894. The van der Waals surface area contributed by atoms with E-state index in [4.69, 9.17) is 28.3 Å².